The molecule has 0 amide bonds. The van der Waals surface area contributed by atoms with Crippen molar-refractivity contribution in [2.45, 2.75) is 4.90 Å². The number of sulfonamides is 1. The number of nitrogens with two attached hydrogens (primary N) is 1. The molecule has 1 heterocycles. The Morgan fingerprint density at radius 3 is 2.54 bits per heavy atom. The number of nitrogens with zero attached hydrogens (tertiary/aromatic N) is 2. The van der Waals surface area contributed by atoms with Crippen LogP contribution in [0.1, 0.15) is 0 Å². The summed E-state index contributed by atoms with van der Waals surface area (Å²) in [6.45, 7) is 0. The van der Waals surface area contributed by atoms with Crippen LogP contribution in [0.5, 0.6) is 5.75 Å². The number of para-hydroxylation sites is 1. The molecule has 0 aliphatic rings. The van der Waals surface area contributed by atoms with E-state index >= 15 is 0 Å². The van der Waals surface area contributed by atoms with Gasteiger partial charge in [0, 0.05) is 17.3 Å². The summed E-state index contributed by atoms with van der Waals surface area (Å²) in [6.07, 6.45) is 1.35. The highest BCUT2D eigenvalue weighted by molar-refractivity contribution is 7.89. The number of hydrogen-bond acceptors (Lipinski definition) is 6. The van der Waals surface area contributed by atoms with Crippen molar-refractivity contribution < 1.29 is 13.5 Å². The highest BCUT2D eigenvalue weighted by Crippen LogP contribution is 2.28. The molecule has 2 aromatic carbocycles. The maximum atomic E-state index is 11.4. The molecule has 0 bridgehead atoms. The minimum atomic E-state index is -3.78. The van der Waals surface area contributed by atoms with E-state index in [4.69, 9.17) is 5.14 Å². The van der Waals surface area contributed by atoms with Gasteiger partial charge in [0.25, 0.3) is 0 Å². The monoisotopic (exact) mass is 342 g/mol. The van der Waals surface area contributed by atoms with Crippen molar-refractivity contribution in [2.24, 2.45) is 5.14 Å². The zero-order chi connectivity index (χ0) is 17.2. The summed E-state index contributed by atoms with van der Waals surface area (Å²) >= 11 is 0. The third-order valence-corrected chi connectivity index (χ3v) is 4.19. The lowest BCUT2D eigenvalue weighted by Gasteiger charge is -2.09. The highest BCUT2D eigenvalue weighted by atomic mass is 32.2. The van der Waals surface area contributed by atoms with E-state index < -0.39 is 10.0 Å². The molecular weight excluding hydrogens is 328 g/mol. The van der Waals surface area contributed by atoms with Gasteiger partial charge < -0.3 is 10.4 Å². The Hall–Kier alpha value is -2.97. The molecule has 122 valence electrons. The van der Waals surface area contributed by atoms with Crippen LogP contribution in [0.25, 0.3) is 11.3 Å². The Labute approximate surface area is 138 Å². The van der Waals surface area contributed by atoms with Gasteiger partial charge in [-0.1, -0.05) is 18.2 Å². The first kappa shape index (κ1) is 15.9. The number of aromatic nitrogens is 2. The van der Waals surface area contributed by atoms with E-state index in [0.717, 1.165) is 0 Å². The summed E-state index contributed by atoms with van der Waals surface area (Å²) in [5, 5.41) is 18.0. The Morgan fingerprint density at radius 2 is 1.79 bits per heavy atom. The normalized spacial score (nSPS) is 11.2. The molecule has 0 atom stereocenters. The molecule has 0 saturated carbocycles. The Kier molecular flexibility index (Phi) is 4.15. The molecule has 0 saturated heterocycles. The lowest BCUT2D eigenvalue weighted by Crippen LogP contribution is -2.12. The lowest BCUT2D eigenvalue weighted by molar-refractivity contribution is 0.477. The van der Waals surface area contributed by atoms with E-state index in [9.17, 15) is 13.5 Å². The van der Waals surface area contributed by atoms with Gasteiger partial charge in [-0.2, -0.15) is 0 Å². The van der Waals surface area contributed by atoms with Gasteiger partial charge >= 0.3 is 0 Å². The smallest absolute Gasteiger partial charge is 0.238 e. The highest BCUT2D eigenvalue weighted by Gasteiger charge is 2.09. The van der Waals surface area contributed by atoms with Gasteiger partial charge in [0.2, 0.25) is 10.0 Å². The number of anilines is 2. The Bertz CT molecular complexity index is 990. The fourth-order valence-corrected chi connectivity index (χ4v) is 2.72. The predicted octanol–water partition coefficient (Wildman–Crippen LogP) is 2.24. The molecule has 0 radical (unpaired) electrons. The molecule has 4 N–H and O–H groups in total. The second-order valence-electron chi connectivity index (χ2n) is 5.00. The number of phenolic OH excluding ortho intramolecular Hbond substituents is 1. The van der Waals surface area contributed by atoms with E-state index in [1.165, 1.54) is 18.5 Å². The predicted molar refractivity (Wildman–Crippen MR) is 90.2 cm³/mol. The number of rotatable bonds is 4. The second kappa shape index (κ2) is 6.26. The van der Waals surface area contributed by atoms with Gasteiger partial charge in [-0.3, -0.25) is 0 Å². The zero-order valence-electron chi connectivity index (χ0n) is 12.4. The summed E-state index contributed by atoms with van der Waals surface area (Å²) in [5.74, 6) is 0.563. The van der Waals surface area contributed by atoms with Crippen LogP contribution in [0.2, 0.25) is 0 Å². The van der Waals surface area contributed by atoms with Crippen LogP contribution in [0.15, 0.2) is 65.8 Å². The van der Waals surface area contributed by atoms with Gasteiger partial charge in [-0.25, -0.2) is 23.5 Å². The number of benzene rings is 2. The number of aromatic hydroxyl groups is 1. The second-order valence-corrected chi connectivity index (χ2v) is 6.56. The molecule has 1 aromatic heterocycles. The van der Waals surface area contributed by atoms with Crippen molar-refractivity contribution >= 4 is 21.5 Å². The zero-order valence-corrected chi connectivity index (χ0v) is 13.2. The number of primary sulfonamides is 1. The minimum absolute atomic E-state index is 0.00230. The van der Waals surface area contributed by atoms with Crippen LogP contribution in [0.4, 0.5) is 11.5 Å². The van der Waals surface area contributed by atoms with Crippen LogP contribution in [0, 0.1) is 0 Å². The summed E-state index contributed by atoms with van der Waals surface area (Å²) in [4.78, 5) is 8.24. The minimum Gasteiger partial charge on any atom is -0.507 e. The summed E-state index contributed by atoms with van der Waals surface area (Å²) in [6, 6.07) is 14.6. The molecule has 0 fully saturated rings. The van der Waals surface area contributed by atoms with E-state index in [-0.39, 0.29) is 10.6 Å². The molecule has 0 unspecified atom stereocenters. The van der Waals surface area contributed by atoms with Crippen molar-refractivity contribution in [3.8, 4) is 17.0 Å². The van der Waals surface area contributed by atoms with Crippen LogP contribution in [-0.2, 0) is 10.0 Å². The topological polar surface area (TPSA) is 118 Å². The largest absolute Gasteiger partial charge is 0.507 e. The summed E-state index contributed by atoms with van der Waals surface area (Å²) in [5.41, 5.74) is 1.62. The Balaban J connectivity index is 1.92. The summed E-state index contributed by atoms with van der Waals surface area (Å²) in [7, 11) is -3.78. The van der Waals surface area contributed by atoms with Crippen molar-refractivity contribution in [3.63, 3.8) is 0 Å². The molecule has 0 spiro atoms. The number of nitrogens with one attached hydrogen (secondary N) is 1. The van der Waals surface area contributed by atoms with Gasteiger partial charge in [-0.15, -0.1) is 0 Å². The molecule has 24 heavy (non-hydrogen) atoms. The van der Waals surface area contributed by atoms with Crippen LogP contribution < -0.4 is 10.5 Å². The van der Waals surface area contributed by atoms with Gasteiger partial charge in [0.15, 0.2) is 0 Å². The number of phenols is 1. The molecule has 3 aromatic rings. The number of hydrogen-bond donors (Lipinski definition) is 3. The van der Waals surface area contributed by atoms with E-state index in [2.05, 4.69) is 15.3 Å². The third kappa shape index (κ3) is 3.50. The lowest BCUT2D eigenvalue weighted by atomic mass is 10.1. The van der Waals surface area contributed by atoms with Crippen molar-refractivity contribution in [1.82, 2.24) is 9.97 Å². The third-order valence-electron chi connectivity index (χ3n) is 3.28. The van der Waals surface area contributed by atoms with Gasteiger partial charge in [0.1, 0.15) is 17.9 Å². The standard InChI is InChI=1S/C16H14N4O3S/c17-24(22,23)12-5-3-4-11(8-12)20-16-9-14(18-10-19-16)13-6-1-2-7-15(13)21/h1-10,21H,(H2,17,22,23)(H,18,19,20). The molecule has 7 nitrogen and oxygen atoms in total. The molecule has 0 aliphatic heterocycles. The van der Waals surface area contributed by atoms with Crippen LogP contribution in [-0.4, -0.2) is 23.5 Å². The molecular formula is C16H14N4O3S. The maximum Gasteiger partial charge on any atom is 0.238 e. The first-order chi connectivity index (χ1) is 11.4. The van der Waals surface area contributed by atoms with E-state index in [1.54, 1.807) is 42.5 Å². The average Bonchev–Trinajstić information content (AvgIpc) is 2.55. The SMILES string of the molecule is NS(=O)(=O)c1cccc(Nc2cc(-c3ccccc3O)ncn2)c1. The average molecular weight is 342 g/mol. The van der Waals surface area contributed by atoms with Gasteiger partial charge in [-0.05, 0) is 30.3 Å². The van der Waals surface area contributed by atoms with Crippen LogP contribution >= 0.6 is 0 Å². The molecule has 0 aliphatic carbocycles. The van der Waals surface area contributed by atoms with Crippen molar-refractivity contribution in [3.05, 3.63) is 60.9 Å². The van der Waals surface area contributed by atoms with Crippen LogP contribution in [0.3, 0.4) is 0 Å². The summed E-state index contributed by atoms with van der Waals surface area (Å²) < 4.78 is 22.8. The van der Waals surface area contributed by atoms with E-state index in [0.29, 0.717) is 22.8 Å². The Morgan fingerprint density at radius 1 is 1.00 bits per heavy atom. The fraction of sp³-hybridized carbons (Fsp3) is 0. The molecule has 8 heteroatoms. The first-order valence-electron chi connectivity index (χ1n) is 6.94. The van der Waals surface area contributed by atoms with Crippen molar-refractivity contribution in [1.29, 1.82) is 0 Å². The van der Waals surface area contributed by atoms with E-state index in [1.807, 2.05) is 0 Å². The molecule has 3 rings (SSSR count). The van der Waals surface area contributed by atoms with Gasteiger partial charge in [0.05, 0.1) is 10.6 Å². The fourth-order valence-electron chi connectivity index (χ4n) is 2.16. The first-order valence-corrected chi connectivity index (χ1v) is 8.48. The van der Waals surface area contributed by atoms with Crippen molar-refractivity contribution in [2.75, 3.05) is 5.32 Å². The maximum absolute atomic E-state index is 11.4. The quantitative estimate of drug-likeness (QED) is 0.669.